The number of carbonyl (C=O) groups excluding carboxylic acids is 2. The minimum Gasteiger partial charge on any atom is -0.481 e. The minimum atomic E-state index is -4.78. The lowest BCUT2D eigenvalue weighted by molar-refractivity contribution is -0.161. The van der Waals surface area contributed by atoms with Crippen LogP contribution in [0, 0.1) is 5.92 Å². The zero-order valence-electron chi connectivity index (χ0n) is 36.5. The summed E-state index contributed by atoms with van der Waals surface area (Å²) in [6.45, 7) is 4.05. The lowest BCUT2D eigenvalue weighted by atomic mass is 9.99. The molecule has 0 aliphatic heterocycles. The van der Waals surface area contributed by atoms with Crippen LogP contribution < -0.4 is 5.73 Å². The van der Waals surface area contributed by atoms with Gasteiger partial charge in [-0.15, -0.1) is 11.8 Å². The van der Waals surface area contributed by atoms with Gasteiger partial charge < -0.3 is 40.5 Å². The van der Waals surface area contributed by atoms with Gasteiger partial charge in [0.25, 0.3) is 0 Å². The molecule has 14 nitrogen and oxygen atoms in total. The highest BCUT2D eigenvalue weighted by molar-refractivity contribution is 8.00. The normalized spacial score (nSPS) is 16.3. The van der Waals surface area contributed by atoms with Crippen molar-refractivity contribution < 1.29 is 62.8 Å². The van der Waals surface area contributed by atoms with Crippen molar-refractivity contribution in [3.63, 3.8) is 0 Å². The Labute approximate surface area is 364 Å². The summed E-state index contributed by atoms with van der Waals surface area (Å²) in [7, 11) is -4.78. The summed E-state index contributed by atoms with van der Waals surface area (Å²) in [5, 5.41) is 37.8. The van der Waals surface area contributed by atoms with Crippen molar-refractivity contribution >= 4 is 37.5 Å². The van der Waals surface area contributed by atoms with Crippen molar-refractivity contribution in [3.05, 3.63) is 48.6 Å². The van der Waals surface area contributed by atoms with Crippen LogP contribution in [0.4, 0.5) is 0 Å². The quantitative estimate of drug-likeness (QED) is 0.0112. The summed E-state index contributed by atoms with van der Waals surface area (Å²) in [6, 6.07) is -1.24. The number of esters is 2. The summed E-state index contributed by atoms with van der Waals surface area (Å²) in [5.41, 5.74) is 6.18. The molecule has 0 aliphatic carbocycles. The number of nitrogens with two attached hydrogens (primary N) is 1. The van der Waals surface area contributed by atoms with E-state index in [0.29, 0.717) is 6.42 Å². The van der Waals surface area contributed by atoms with Crippen molar-refractivity contribution in [2.75, 3.05) is 32.2 Å². The fourth-order valence-corrected chi connectivity index (χ4v) is 7.48. The minimum absolute atomic E-state index is 0.0237. The zero-order chi connectivity index (χ0) is 44.9. The smallest absolute Gasteiger partial charge is 0.472 e. The SMILES string of the molecule is CCCCC/C=C\C\C=C/C=C/C=C/[C@@H](SC[C@H](N)C(=O)O[C@H](COC(=O)CCCCCCCCCCC(C)CC)COP(=O)(O)OC[C@@H](O)CO)[C@@H](O)CCCC(=O)O. The molecule has 0 heterocycles. The molecule has 0 radical (unpaired) electrons. The third-order valence-electron chi connectivity index (χ3n) is 9.53. The highest BCUT2D eigenvalue weighted by Gasteiger charge is 2.29. The van der Waals surface area contributed by atoms with Crippen LogP contribution in [-0.2, 0) is 37.5 Å². The molecule has 16 heteroatoms. The first kappa shape index (κ1) is 57.7. The summed E-state index contributed by atoms with van der Waals surface area (Å²) in [6.07, 6.45) is 28.5. The number of phosphoric ester groups is 1. The third kappa shape index (κ3) is 35.3. The second-order valence-electron chi connectivity index (χ2n) is 15.2. The van der Waals surface area contributed by atoms with E-state index >= 15 is 0 Å². The molecule has 0 bridgehead atoms. The number of phosphoric acid groups is 1. The van der Waals surface area contributed by atoms with E-state index < -0.39 is 81.8 Å². The van der Waals surface area contributed by atoms with Crippen LogP contribution in [-0.4, -0.2) is 105 Å². The average Bonchev–Trinajstić information content (AvgIpc) is 3.22. The number of unbranched alkanes of at least 4 members (excludes halogenated alkanes) is 10. The zero-order valence-corrected chi connectivity index (χ0v) is 38.2. The van der Waals surface area contributed by atoms with Gasteiger partial charge in [0.05, 0.1) is 25.9 Å². The summed E-state index contributed by atoms with van der Waals surface area (Å²) >= 11 is 1.17. The number of thioether (sulfide) groups is 1. The molecule has 0 spiro atoms. The van der Waals surface area contributed by atoms with Gasteiger partial charge in [-0.3, -0.25) is 23.4 Å². The number of carboxylic acids is 1. The van der Waals surface area contributed by atoms with Crippen LogP contribution in [0.3, 0.4) is 0 Å². The number of ether oxygens (including phenoxy) is 2. The number of aliphatic hydroxyl groups excluding tert-OH is 3. The van der Waals surface area contributed by atoms with Gasteiger partial charge in [-0.2, -0.15) is 0 Å². The largest absolute Gasteiger partial charge is 0.481 e. The number of aliphatic hydroxyl groups is 3. The predicted molar refractivity (Wildman–Crippen MR) is 238 cm³/mol. The number of aliphatic carboxylic acids is 1. The topological polar surface area (TPSA) is 232 Å². The lowest BCUT2D eigenvalue weighted by Gasteiger charge is -2.23. The Morgan fingerprint density at radius 2 is 1.45 bits per heavy atom. The number of allylic oxidation sites excluding steroid dienone is 7. The molecule has 7 atom stereocenters. The van der Waals surface area contributed by atoms with Crippen molar-refractivity contribution in [1.29, 1.82) is 0 Å². The maximum Gasteiger partial charge on any atom is 0.472 e. The maximum absolute atomic E-state index is 13.1. The third-order valence-corrected chi connectivity index (χ3v) is 11.9. The summed E-state index contributed by atoms with van der Waals surface area (Å²) < 4.78 is 32.8. The molecule has 60 heavy (non-hydrogen) atoms. The first-order valence-corrected chi connectivity index (χ1v) is 24.5. The van der Waals surface area contributed by atoms with Gasteiger partial charge in [0.2, 0.25) is 0 Å². The number of hydrogen-bond acceptors (Lipinski definition) is 13. The van der Waals surface area contributed by atoms with Gasteiger partial charge in [0.15, 0.2) is 6.10 Å². The van der Waals surface area contributed by atoms with Crippen molar-refractivity contribution in [3.8, 4) is 0 Å². The molecule has 0 fully saturated rings. The molecule has 348 valence electrons. The van der Waals surface area contributed by atoms with Gasteiger partial charge in [0, 0.05) is 23.8 Å². The Hall–Kier alpha value is -2.33. The Morgan fingerprint density at radius 1 is 0.783 bits per heavy atom. The van der Waals surface area contributed by atoms with Gasteiger partial charge in [-0.25, -0.2) is 4.57 Å². The van der Waals surface area contributed by atoms with Crippen LogP contribution in [0.2, 0.25) is 0 Å². The fraction of sp³-hybridized carbons (Fsp3) is 0.750. The van der Waals surface area contributed by atoms with Gasteiger partial charge >= 0.3 is 25.7 Å². The van der Waals surface area contributed by atoms with Gasteiger partial charge in [-0.05, 0) is 44.4 Å². The van der Waals surface area contributed by atoms with E-state index in [-0.39, 0.29) is 31.4 Å². The van der Waals surface area contributed by atoms with Crippen LogP contribution >= 0.6 is 19.6 Å². The molecule has 0 aromatic heterocycles. The number of hydrogen-bond donors (Lipinski definition) is 6. The summed E-state index contributed by atoms with van der Waals surface area (Å²) in [4.78, 5) is 46.8. The van der Waals surface area contributed by atoms with E-state index in [1.165, 1.54) is 63.1 Å². The van der Waals surface area contributed by atoms with E-state index in [2.05, 4.69) is 37.4 Å². The van der Waals surface area contributed by atoms with E-state index in [1.807, 2.05) is 18.2 Å². The fourth-order valence-electron chi connectivity index (χ4n) is 5.57. The predicted octanol–water partition coefficient (Wildman–Crippen LogP) is 8.12. The van der Waals surface area contributed by atoms with E-state index in [1.54, 1.807) is 18.2 Å². The number of carbonyl (C=O) groups is 3. The first-order valence-electron chi connectivity index (χ1n) is 21.9. The Kier molecular flexibility index (Phi) is 36.9. The molecule has 0 aromatic rings. The molecule has 0 aromatic carbocycles. The van der Waals surface area contributed by atoms with Crippen molar-refractivity contribution in [1.82, 2.24) is 0 Å². The maximum atomic E-state index is 13.1. The lowest BCUT2D eigenvalue weighted by Crippen LogP contribution is -2.40. The molecule has 0 saturated heterocycles. The van der Waals surface area contributed by atoms with E-state index in [4.69, 9.17) is 29.9 Å². The molecule has 7 N–H and O–H groups in total. The molecule has 0 saturated carbocycles. The molecule has 0 aliphatic rings. The highest BCUT2D eigenvalue weighted by atomic mass is 32.2. The van der Waals surface area contributed by atoms with Crippen LogP contribution in [0.25, 0.3) is 0 Å². The monoisotopic (exact) mass is 891 g/mol. The second-order valence-corrected chi connectivity index (χ2v) is 17.8. The van der Waals surface area contributed by atoms with E-state index in [0.717, 1.165) is 44.4 Å². The first-order chi connectivity index (χ1) is 28.7. The van der Waals surface area contributed by atoms with Crippen molar-refractivity contribution in [2.45, 2.75) is 172 Å². The molecule has 0 rings (SSSR count). The summed E-state index contributed by atoms with van der Waals surface area (Å²) in [5.74, 6) is -1.69. The van der Waals surface area contributed by atoms with Crippen molar-refractivity contribution in [2.24, 2.45) is 11.7 Å². The Morgan fingerprint density at radius 3 is 2.12 bits per heavy atom. The molecule has 2 unspecified atom stereocenters. The van der Waals surface area contributed by atoms with Crippen LogP contribution in [0.5, 0.6) is 0 Å². The van der Waals surface area contributed by atoms with Crippen LogP contribution in [0.1, 0.15) is 143 Å². The number of rotatable bonds is 40. The highest BCUT2D eigenvalue weighted by Crippen LogP contribution is 2.43. The molecule has 0 amide bonds. The van der Waals surface area contributed by atoms with Crippen LogP contribution in [0.15, 0.2) is 48.6 Å². The average molecular weight is 892 g/mol. The van der Waals surface area contributed by atoms with E-state index in [9.17, 15) is 34.1 Å². The van der Waals surface area contributed by atoms with Gasteiger partial charge in [-0.1, -0.05) is 140 Å². The Bertz CT molecular complexity index is 1280. The second kappa shape index (κ2) is 38.4. The molecular weight excluding hydrogens is 814 g/mol. The molecular formula is C44H78NO13PS. The standard InChI is InChI=1S/C44H78NO13PS/c1-4-6-7-8-9-10-11-12-13-17-20-23-28-41(40(48)27-25-29-42(49)50)60-35-39(45)44(52)58-38(34-57-59(53,54)56-32-37(47)31-46)33-55-43(51)30-24-21-18-15-14-16-19-22-26-36(3)5-2/h9-10,12-13,17,20,23,28,36-41,46-48H,4-8,11,14-16,18-19,21-22,24-27,29-35,45H2,1-3H3,(H,49,50)(H,53,54)/b10-9-,13-12-,20-17+,28-23+/t36?,37-,38+,39-,40-,41+/m0/s1. The van der Waals surface area contributed by atoms with Gasteiger partial charge in [0.1, 0.15) is 18.8 Å². The number of carboxylic acid groups (broad SMARTS) is 1. The Balaban J connectivity index is 5.31.